The molecule has 0 unspecified atom stereocenters. The van der Waals surface area contributed by atoms with E-state index in [9.17, 15) is 0 Å². The summed E-state index contributed by atoms with van der Waals surface area (Å²) in [4.78, 5) is 0. The standard InChI is InChI=1S/C14H22BrNO3/c1-4-18-14(19-5-2)8-9-16-11-6-7-13(17-3)12(15)10-11/h6-7,10,14,16H,4-5,8-9H2,1-3H3. The Hall–Kier alpha value is -0.780. The van der Waals surface area contributed by atoms with E-state index in [1.54, 1.807) is 7.11 Å². The van der Waals surface area contributed by atoms with Crippen LogP contribution in [0.3, 0.4) is 0 Å². The SMILES string of the molecule is CCOC(CCNc1ccc(OC)c(Br)c1)OCC. The van der Waals surface area contributed by atoms with E-state index in [2.05, 4.69) is 21.2 Å². The molecule has 5 heteroatoms. The summed E-state index contributed by atoms with van der Waals surface area (Å²) in [6.45, 7) is 6.07. The van der Waals surface area contributed by atoms with Crippen molar-refractivity contribution in [2.45, 2.75) is 26.6 Å². The molecule has 1 rings (SSSR count). The molecule has 0 saturated carbocycles. The van der Waals surface area contributed by atoms with Crippen LogP contribution in [0, 0.1) is 0 Å². The molecule has 1 N–H and O–H groups in total. The maximum Gasteiger partial charge on any atom is 0.159 e. The number of benzene rings is 1. The van der Waals surface area contributed by atoms with Gasteiger partial charge in [0.1, 0.15) is 5.75 Å². The Morgan fingerprint density at radius 1 is 1.21 bits per heavy atom. The van der Waals surface area contributed by atoms with Crippen molar-refractivity contribution in [3.8, 4) is 5.75 Å². The van der Waals surface area contributed by atoms with Crippen LogP contribution in [0.4, 0.5) is 5.69 Å². The number of ether oxygens (including phenoxy) is 3. The number of rotatable bonds is 9. The van der Waals surface area contributed by atoms with Gasteiger partial charge in [-0.15, -0.1) is 0 Å². The van der Waals surface area contributed by atoms with Gasteiger partial charge in [0.25, 0.3) is 0 Å². The Labute approximate surface area is 123 Å². The van der Waals surface area contributed by atoms with Crippen LogP contribution < -0.4 is 10.1 Å². The van der Waals surface area contributed by atoms with Crippen molar-refractivity contribution in [1.29, 1.82) is 0 Å². The van der Waals surface area contributed by atoms with Gasteiger partial charge in [-0.3, -0.25) is 0 Å². The van der Waals surface area contributed by atoms with Crippen LogP contribution in [0.15, 0.2) is 22.7 Å². The molecule has 0 saturated heterocycles. The fraction of sp³-hybridized carbons (Fsp3) is 0.571. The summed E-state index contributed by atoms with van der Waals surface area (Å²) >= 11 is 3.46. The summed E-state index contributed by atoms with van der Waals surface area (Å²) in [5.74, 6) is 0.826. The highest BCUT2D eigenvalue weighted by Crippen LogP contribution is 2.27. The van der Waals surface area contributed by atoms with Crippen LogP contribution in [0.1, 0.15) is 20.3 Å². The molecular formula is C14H22BrNO3. The van der Waals surface area contributed by atoms with E-state index in [1.807, 2.05) is 32.0 Å². The van der Waals surface area contributed by atoms with E-state index in [1.165, 1.54) is 0 Å². The number of halogens is 1. The zero-order valence-corrected chi connectivity index (χ0v) is 13.3. The van der Waals surface area contributed by atoms with Crippen LogP contribution in [-0.4, -0.2) is 33.2 Å². The van der Waals surface area contributed by atoms with Gasteiger partial charge in [0, 0.05) is 31.9 Å². The lowest BCUT2D eigenvalue weighted by atomic mass is 10.3. The average Bonchev–Trinajstić information content (AvgIpc) is 2.39. The first-order valence-electron chi connectivity index (χ1n) is 6.51. The Morgan fingerprint density at radius 2 is 1.89 bits per heavy atom. The topological polar surface area (TPSA) is 39.7 Å². The predicted molar refractivity (Wildman–Crippen MR) is 80.8 cm³/mol. The molecule has 19 heavy (non-hydrogen) atoms. The van der Waals surface area contributed by atoms with Gasteiger partial charge in [0.15, 0.2) is 6.29 Å². The fourth-order valence-corrected chi connectivity index (χ4v) is 2.24. The molecule has 4 nitrogen and oxygen atoms in total. The third-order valence-electron chi connectivity index (χ3n) is 2.57. The number of hydrogen-bond acceptors (Lipinski definition) is 4. The predicted octanol–water partition coefficient (Wildman–Crippen LogP) is 3.66. The molecule has 0 aliphatic carbocycles. The first kappa shape index (κ1) is 16.3. The third kappa shape index (κ3) is 5.80. The highest BCUT2D eigenvalue weighted by atomic mass is 79.9. The number of methoxy groups -OCH3 is 1. The Bertz CT molecular complexity index is 368. The number of anilines is 1. The first-order chi connectivity index (χ1) is 9.21. The summed E-state index contributed by atoms with van der Waals surface area (Å²) in [5, 5.41) is 3.34. The molecule has 108 valence electrons. The molecule has 0 aliphatic rings. The average molecular weight is 332 g/mol. The monoisotopic (exact) mass is 331 g/mol. The van der Waals surface area contributed by atoms with Crippen LogP contribution in [0.5, 0.6) is 5.75 Å². The molecule has 0 bridgehead atoms. The van der Waals surface area contributed by atoms with Gasteiger partial charge in [-0.2, -0.15) is 0 Å². The van der Waals surface area contributed by atoms with Crippen molar-refractivity contribution in [2.75, 3.05) is 32.2 Å². The molecule has 0 heterocycles. The highest BCUT2D eigenvalue weighted by Gasteiger charge is 2.07. The minimum atomic E-state index is -0.135. The largest absolute Gasteiger partial charge is 0.496 e. The molecule has 1 aromatic rings. The van der Waals surface area contributed by atoms with Crippen LogP contribution in [0.25, 0.3) is 0 Å². The second-order valence-corrected chi connectivity index (χ2v) is 4.76. The van der Waals surface area contributed by atoms with Gasteiger partial charge in [0.2, 0.25) is 0 Å². The molecule has 0 radical (unpaired) electrons. The second kappa shape index (κ2) is 9.18. The third-order valence-corrected chi connectivity index (χ3v) is 3.19. The molecule has 0 aliphatic heterocycles. The number of hydrogen-bond donors (Lipinski definition) is 1. The fourth-order valence-electron chi connectivity index (χ4n) is 1.70. The van der Waals surface area contributed by atoms with E-state index in [4.69, 9.17) is 14.2 Å². The Kier molecular flexibility index (Phi) is 7.86. The van der Waals surface area contributed by atoms with E-state index in [-0.39, 0.29) is 6.29 Å². The van der Waals surface area contributed by atoms with E-state index >= 15 is 0 Å². The van der Waals surface area contributed by atoms with Gasteiger partial charge < -0.3 is 19.5 Å². The Balaban J connectivity index is 2.41. The van der Waals surface area contributed by atoms with Gasteiger partial charge in [-0.1, -0.05) is 0 Å². The summed E-state index contributed by atoms with van der Waals surface area (Å²) in [5.41, 5.74) is 1.04. The van der Waals surface area contributed by atoms with E-state index < -0.39 is 0 Å². The summed E-state index contributed by atoms with van der Waals surface area (Å²) < 4.78 is 17.1. The molecule has 0 spiro atoms. The smallest absolute Gasteiger partial charge is 0.159 e. The molecule has 0 amide bonds. The van der Waals surface area contributed by atoms with Crippen LogP contribution in [0.2, 0.25) is 0 Å². The van der Waals surface area contributed by atoms with Crippen molar-refractivity contribution < 1.29 is 14.2 Å². The minimum Gasteiger partial charge on any atom is -0.496 e. The molecular weight excluding hydrogens is 310 g/mol. The zero-order valence-electron chi connectivity index (χ0n) is 11.7. The number of nitrogens with one attached hydrogen (secondary N) is 1. The maximum atomic E-state index is 5.49. The van der Waals surface area contributed by atoms with Crippen molar-refractivity contribution in [3.63, 3.8) is 0 Å². The van der Waals surface area contributed by atoms with Gasteiger partial charge in [0.05, 0.1) is 11.6 Å². The van der Waals surface area contributed by atoms with Gasteiger partial charge in [-0.05, 0) is 48.0 Å². The molecule has 0 fully saturated rings. The molecule has 0 aromatic heterocycles. The second-order valence-electron chi connectivity index (χ2n) is 3.91. The lowest BCUT2D eigenvalue weighted by Gasteiger charge is -2.17. The van der Waals surface area contributed by atoms with Crippen molar-refractivity contribution >= 4 is 21.6 Å². The van der Waals surface area contributed by atoms with Gasteiger partial charge in [-0.25, -0.2) is 0 Å². The normalized spacial score (nSPS) is 10.8. The van der Waals surface area contributed by atoms with Crippen LogP contribution >= 0.6 is 15.9 Å². The van der Waals surface area contributed by atoms with E-state index in [0.717, 1.165) is 28.9 Å². The van der Waals surface area contributed by atoms with Crippen molar-refractivity contribution in [1.82, 2.24) is 0 Å². The molecule has 0 atom stereocenters. The first-order valence-corrected chi connectivity index (χ1v) is 7.31. The Morgan fingerprint density at radius 3 is 2.42 bits per heavy atom. The summed E-state index contributed by atoms with van der Waals surface area (Å²) in [6, 6.07) is 5.91. The molecule has 1 aromatic carbocycles. The zero-order chi connectivity index (χ0) is 14.1. The highest BCUT2D eigenvalue weighted by molar-refractivity contribution is 9.10. The van der Waals surface area contributed by atoms with Crippen LogP contribution in [-0.2, 0) is 9.47 Å². The summed E-state index contributed by atoms with van der Waals surface area (Å²) in [6.07, 6.45) is 0.676. The summed E-state index contributed by atoms with van der Waals surface area (Å²) in [7, 11) is 1.65. The lowest BCUT2D eigenvalue weighted by Crippen LogP contribution is -2.21. The lowest BCUT2D eigenvalue weighted by molar-refractivity contribution is -0.137. The maximum absolute atomic E-state index is 5.49. The van der Waals surface area contributed by atoms with E-state index in [0.29, 0.717) is 13.2 Å². The minimum absolute atomic E-state index is 0.135. The quantitative estimate of drug-likeness (QED) is 0.701. The van der Waals surface area contributed by atoms with Crippen molar-refractivity contribution in [2.24, 2.45) is 0 Å². The van der Waals surface area contributed by atoms with Gasteiger partial charge >= 0.3 is 0 Å². The van der Waals surface area contributed by atoms with Crippen molar-refractivity contribution in [3.05, 3.63) is 22.7 Å².